The van der Waals surface area contributed by atoms with Crippen molar-refractivity contribution in [2.45, 2.75) is 38.8 Å². The molecule has 3 aromatic rings. The van der Waals surface area contributed by atoms with E-state index in [0.717, 1.165) is 49.2 Å². The number of fused-ring (bicyclic) bond motifs is 1. The molecule has 1 N–H and O–H groups in total. The zero-order valence-corrected chi connectivity index (χ0v) is 16.5. The van der Waals surface area contributed by atoms with Crippen molar-refractivity contribution < 1.29 is 13.6 Å². The highest BCUT2D eigenvalue weighted by molar-refractivity contribution is 5.76. The number of hydrogen-bond acceptors (Lipinski definition) is 5. The van der Waals surface area contributed by atoms with Gasteiger partial charge in [0.2, 0.25) is 5.91 Å². The van der Waals surface area contributed by atoms with Crippen LogP contribution in [0.3, 0.4) is 0 Å². The quantitative estimate of drug-likeness (QED) is 0.688. The third kappa shape index (κ3) is 3.89. The van der Waals surface area contributed by atoms with E-state index in [0.29, 0.717) is 17.0 Å². The van der Waals surface area contributed by atoms with E-state index < -0.39 is 29.3 Å². The second-order valence-electron chi connectivity index (χ2n) is 7.41. The minimum absolute atomic E-state index is 0.298. The fraction of sp³-hybridized carbons (Fsp3) is 0.400. The number of hydrogen-bond donors (Lipinski definition) is 1. The normalized spacial score (nSPS) is 15.4. The van der Waals surface area contributed by atoms with Crippen LogP contribution in [0.5, 0.6) is 0 Å². The van der Waals surface area contributed by atoms with Gasteiger partial charge in [0.1, 0.15) is 12.4 Å². The van der Waals surface area contributed by atoms with Crippen LogP contribution in [0, 0.1) is 11.6 Å². The number of rotatable bonds is 5. The van der Waals surface area contributed by atoms with Crippen LogP contribution in [0.2, 0.25) is 0 Å². The number of nitrogens with one attached hydrogen (secondary N) is 1. The van der Waals surface area contributed by atoms with Crippen molar-refractivity contribution in [1.29, 1.82) is 0 Å². The van der Waals surface area contributed by atoms with Gasteiger partial charge in [-0.05, 0) is 43.9 Å². The lowest BCUT2D eigenvalue weighted by Crippen LogP contribution is -2.36. The number of aromatic nitrogens is 4. The van der Waals surface area contributed by atoms with Crippen LogP contribution < -0.4 is 15.9 Å². The van der Waals surface area contributed by atoms with Gasteiger partial charge in [0.25, 0.3) is 0 Å². The maximum atomic E-state index is 13.4. The molecule has 1 fully saturated rings. The van der Waals surface area contributed by atoms with Gasteiger partial charge in [0, 0.05) is 13.1 Å². The Morgan fingerprint density at radius 1 is 1.17 bits per heavy atom. The maximum absolute atomic E-state index is 13.4. The largest absolute Gasteiger partial charge is 0.356 e. The lowest BCUT2D eigenvalue weighted by atomic mass is 10.1. The third-order valence-corrected chi connectivity index (χ3v) is 5.27. The van der Waals surface area contributed by atoms with Crippen molar-refractivity contribution in [3.05, 3.63) is 58.3 Å². The van der Waals surface area contributed by atoms with Crippen LogP contribution in [0.4, 0.5) is 14.6 Å². The summed E-state index contributed by atoms with van der Waals surface area (Å²) in [5, 5.41) is 6.90. The first-order chi connectivity index (χ1) is 14.4. The number of piperidine rings is 1. The number of benzene rings is 1. The third-order valence-electron chi connectivity index (χ3n) is 5.27. The Hall–Kier alpha value is -3.30. The Labute approximate surface area is 171 Å². The molecule has 158 valence electrons. The van der Waals surface area contributed by atoms with E-state index in [1.807, 2.05) is 0 Å². The molecule has 1 amide bonds. The lowest BCUT2D eigenvalue weighted by Gasteiger charge is -2.28. The molecule has 1 saturated heterocycles. The first-order valence-electron chi connectivity index (χ1n) is 9.87. The second-order valence-corrected chi connectivity index (χ2v) is 7.41. The molecule has 4 rings (SSSR count). The summed E-state index contributed by atoms with van der Waals surface area (Å²) in [6, 6.07) is 2.88. The Balaban J connectivity index is 1.53. The summed E-state index contributed by atoms with van der Waals surface area (Å²) in [5.41, 5.74) is 0.356. The molecule has 0 spiro atoms. The van der Waals surface area contributed by atoms with Crippen LogP contribution in [0.15, 0.2) is 35.4 Å². The predicted octanol–water partition coefficient (Wildman–Crippen LogP) is 2.04. The molecule has 0 unspecified atom stereocenters. The summed E-state index contributed by atoms with van der Waals surface area (Å²) in [6.07, 6.45) is 6.36. The van der Waals surface area contributed by atoms with Crippen molar-refractivity contribution in [3.8, 4) is 0 Å². The number of nitrogens with zero attached hydrogens (tertiary/aromatic N) is 5. The van der Waals surface area contributed by atoms with Crippen molar-refractivity contribution in [2.24, 2.45) is 0 Å². The topological polar surface area (TPSA) is 84.5 Å². The first kappa shape index (κ1) is 20.0. The molecule has 1 aliphatic heterocycles. The van der Waals surface area contributed by atoms with Gasteiger partial charge in [-0.25, -0.2) is 22.7 Å². The fourth-order valence-electron chi connectivity index (χ4n) is 3.69. The Bertz CT molecular complexity index is 1140. The van der Waals surface area contributed by atoms with Gasteiger partial charge < -0.3 is 10.2 Å². The summed E-state index contributed by atoms with van der Waals surface area (Å²) < 4.78 is 29.1. The molecule has 0 bridgehead atoms. The minimum atomic E-state index is -0.983. The maximum Gasteiger partial charge on any atom is 0.352 e. The van der Waals surface area contributed by atoms with Crippen molar-refractivity contribution in [2.75, 3.05) is 18.0 Å². The number of anilines is 1. The molecule has 0 radical (unpaired) electrons. The van der Waals surface area contributed by atoms with E-state index in [-0.39, 0.29) is 6.54 Å². The average molecular weight is 416 g/mol. The van der Waals surface area contributed by atoms with E-state index in [2.05, 4.69) is 20.3 Å². The zero-order valence-electron chi connectivity index (χ0n) is 16.5. The highest BCUT2D eigenvalue weighted by Crippen LogP contribution is 2.19. The average Bonchev–Trinajstić information content (AvgIpc) is 3.06. The molecule has 2 aromatic heterocycles. The SMILES string of the molecule is C[C@H](NC(=O)Cn1nc2cncc(N3CCCCC3)n2c1=O)c1ccc(F)c(F)c1. The summed E-state index contributed by atoms with van der Waals surface area (Å²) in [4.78, 5) is 31.6. The van der Waals surface area contributed by atoms with Crippen LogP contribution in [-0.4, -0.2) is 38.2 Å². The predicted molar refractivity (Wildman–Crippen MR) is 106 cm³/mol. The summed E-state index contributed by atoms with van der Waals surface area (Å²) in [7, 11) is 0. The number of amides is 1. The van der Waals surface area contributed by atoms with Gasteiger partial charge in [-0.3, -0.25) is 9.78 Å². The fourth-order valence-corrected chi connectivity index (χ4v) is 3.69. The van der Waals surface area contributed by atoms with Crippen molar-refractivity contribution in [1.82, 2.24) is 24.5 Å². The monoisotopic (exact) mass is 416 g/mol. The number of carbonyl (C=O) groups excluding carboxylic acids is 1. The van der Waals surface area contributed by atoms with E-state index in [1.54, 1.807) is 13.1 Å². The number of carbonyl (C=O) groups is 1. The zero-order chi connectivity index (χ0) is 21.3. The molecule has 0 saturated carbocycles. The van der Waals surface area contributed by atoms with E-state index >= 15 is 0 Å². The van der Waals surface area contributed by atoms with Crippen molar-refractivity contribution >= 4 is 17.4 Å². The van der Waals surface area contributed by atoms with Gasteiger partial charge in [-0.1, -0.05) is 6.07 Å². The molecular weight excluding hydrogens is 394 g/mol. The van der Waals surface area contributed by atoms with Crippen molar-refractivity contribution in [3.63, 3.8) is 0 Å². The highest BCUT2D eigenvalue weighted by atomic mass is 19.2. The second kappa shape index (κ2) is 8.21. The molecule has 1 aromatic carbocycles. The minimum Gasteiger partial charge on any atom is -0.356 e. The van der Waals surface area contributed by atoms with Gasteiger partial charge in [-0.15, -0.1) is 5.10 Å². The van der Waals surface area contributed by atoms with Gasteiger partial charge in [0.05, 0.1) is 18.4 Å². The Morgan fingerprint density at radius 2 is 1.93 bits per heavy atom. The molecule has 1 atom stereocenters. The Morgan fingerprint density at radius 3 is 2.67 bits per heavy atom. The van der Waals surface area contributed by atoms with Gasteiger partial charge in [0.15, 0.2) is 17.3 Å². The lowest BCUT2D eigenvalue weighted by molar-refractivity contribution is -0.122. The van der Waals surface area contributed by atoms with Crippen LogP contribution in [-0.2, 0) is 11.3 Å². The molecule has 3 heterocycles. The van der Waals surface area contributed by atoms with E-state index in [1.165, 1.54) is 16.7 Å². The van der Waals surface area contributed by atoms with E-state index in [9.17, 15) is 18.4 Å². The summed E-state index contributed by atoms with van der Waals surface area (Å²) in [6.45, 7) is 3.03. The van der Waals surface area contributed by atoms with Gasteiger partial charge >= 0.3 is 5.69 Å². The molecule has 1 aliphatic rings. The molecule has 30 heavy (non-hydrogen) atoms. The van der Waals surface area contributed by atoms with Crippen LogP contribution in [0.25, 0.3) is 5.65 Å². The van der Waals surface area contributed by atoms with Gasteiger partial charge in [-0.2, -0.15) is 0 Å². The smallest absolute Gasteiger partial charge is 0.352 e. The standard InChI is InChI=1S/C20H22F2N6O2/c1-13(14-5-6-15(21)16(22)9-14)24-18(29)12-27-20(30)28-17(25-27)10-23-11-19(28)26-7-3-2-4-8-26/h5-6,9-11,13H,2-4,7-8,12H2,1H3,(H,24,29)/t13-/m0/s1. The highest BCUT2D eigenvalue weighted by Gasteiger charge is 2.20. The van der Waals surface area contributed by atoms with Crippen LogP contribution >= 0.6 is 0 Å². The molecule has 8 nitrogen and oxygen atoms in total. The Kier molecular flexibility index (Phi) is 5.47. The first-order valence-corrected chi connectivity index (χ1v) is 9.87. The summed E-state index contributed by atoms with van der Waals surface area (Å²) >= 11 is 0. The van der Waals surface area contributed by atoms with Crippen LogP contribution in [0.1, 0.15) is 37.8 Å². The molecule has 10 heteroatoms. The van der Waals surface area contributed by atoms with E-state index in [4.69, 9.17) is 0 Å². The molecular formula is C20H22F2N6O2. The molecule has 0 aliphatic carbocycles. The summed E-state index contributed by atoms with van der Waals surface area (Å²) in [5.74, 6) is -1.74. The number of halogens is 2.